The van der Waals surface area contributed by atoms with Crippen molar-refractivity contribution < 1.29 is 4.74 Å². The van der Waals surface area contributed by atoms with Gasteiger partial charge in [-0.15, -0.1) is 10.2 Å². The van der Waals surface area contributed by atoms with E-state index in [9.17, 15) is 0 Å². The highest BCUT2D eigenvalue weighted by Gasteiger charge is 2.20. The van der Waals surface area contributed by atoms with Crippen LogP contribution in [0.5, 0.6) is 0 Å². The van der Waals surface area contributed by atoms with Gasteiger partial charge in [-0.25, -0.2) is 0 Å². The van der Waals surface area contributed by atoms with E-state index in [4.69, 9.17) is 4.74 Å². The van der Waals surface area contributed by atoms with Crippen LogP contribution in [-0.4, -0.2) is 50.4 Å². The van der Waals surface area contributed by atoms with Crippen LogP contribution in [0.3, 0.4) is 0 Å². The zero-order valence-corrected chi connectivity index (χ0v) is 13.1. The zero-order chi connectivity index (χ0) is 15.2. The van der Waals surface area contributed by atoms with Gasteiger partial charge in [0.25, 0.3) is 0 Å². The average molecular weight is 301 g/mol. The van der Waals surface area contributed by atoms with Crippen molar-refractivity contribution in [3.8, 4) is 0 Å². The van der Waals surface area contributed by atoms with Crippen molar-refractivity contribution in [3.63, 3.8) is 0 Å². The summed E-state index contributed by atoms with van der Waals surface area (Å²) in [6.45, 7) is 6.75. The fourth-order valence-electron chi connectivity index (χ4n) is 2.83. The molecule has 2 aromatic heterocycles. The lowest BCUT2D eigenvalue weighted by molar-refractivity contribution is -0.0107. The minimum atomic E-state index is 0.316. The summed E-state index contributed by atoms with van der Waals surface area (Å²) in [5.74, 6) is 0.974. The third-order valence-electron chi connectivity index (χ3n) is 4.14. The van der Waals surface area contributed by atoms with Gasteiger partial charge in [0.1, 0.15) is 12.2 Å². The van der Waals surface area contributed by atoms with E-state index in [0.29, 0.717) is 12.7 Å². The Morgan fingerprint density at radius 2 is 2.32 bits per heavy atom. The molecule has 118 valence electrons. The van der Waals surface area contributed by atoms with Gasteiger partial charge in [0, 0.05) is 32.0 Å². The maximum atomic E-state index is 6.05. The predicted octanol–water partition coefficient (Wildman–Crippen LogP) is 1.66. The molecule has 6 nitrogen and oxygen atoms in total. The number of likely N-dealkylation sites (tertiary alicyclic amines) is 1. The fourth-order valence-corrected chi connectivity index (χ4v) is 2.83. The Kier molecular flexibility index (Phi) is 5.13. The van der Waals surface area contributed by atoms with Crippen molar-refractivity contribution in [2.24, 2.45) is 0 Å². The number of hydrogen-bond donors (Lipinski definition) is 0. The first-order chi connectivity index (χ1) is 10.8. The highest BCUT2D eigenvalue weighted by Crippen LogP contribution is 2.15. The van der Waals surface area contributed by atoms with Crippen LogP contribution < -0.4 is 0 Å². The zero-order valence-electron chi connectivity index (χ0n) is 13.1. The van der Waals surface area contributed by atoms with Crippen LogP contribution >= 0.6 is 0 Å². The molecule has 0 spiro atoms. The van der Waals surface area contributed by atoms with E-state index in [1.165, 1.54) is 6.42 Å². The van der Waals surface area contributed by atoms with Gasteiger partial charge in [0.2, 0.25) is 0 Å². The number of rotatable bonds is 6. The first kappa shape index (κ1) is 15.1. The molecule has 1 fully saturated rings. The molecular weight excluding hydrogens is 278 g/mol. The Balaban J connectivity index is 1.44. The summed E-state index contributed by atoms with van der Waals surface area (Å²) in [6.07, 6.45) is 8.11. The number of piperidine rings is 1. The summed E-state index contributed by atoms with van der Waals surface area (Å²) in [4.78, 5) is 6.59. The third-order valence-corrected chi connectivity index (χ3v) is 4.14. The fraction of sp³-hybridized carbons (Fsp3) is 0.562. The van der Waals surface area contributed by atoms with Gasteiger partial charge in [0.05, 0.1) is 12.7 Å². The molecule has 0 amide bonds. The van der Waals surface area contributed by atoms with Crippen molar-refractivity contribution in [1.82, 2.24) is 24.6 Å². The largest absolute Gasteiger partial charge is 0.372 e. The number of hydrogen-bond acceptors (Lipinski definition) is 5. The van der Waals surface area contributed by atoms with E-state index >= 15 is 0 Å². The summed E-state index contributed by atoms with van der Waals surface area (Å²) in [5, 5.41) is 7.95. The van der Waals surface area contributed by atoms with E-state index in [1.54, 1.807) is 12.5 Å². The lowest BCUT2D eigenvalue weighted by Crippen LogP contribution is -2.41. The van der Waals surface area contributed by atoms with Gasteiger partial charge in [-0.05, 0) is 37.9 Å². The number of nitrogens with zero attached hydrogens (tertiary/aromatic N) is 5. The summed E-state index contributed by atoms with van der Waals surface area (Å²) < 4.78 is 8.14. The van der Waals surface area contributed by atoms with Crippen molar-refractivity contribution in [3.05, 3.63) is 42.2 Å². The van der Waals surface area contributed by atoms with Crippen molar-refractivity contribution in [2.75, 3.05) is 19.6 Å². The molecule has 1 aliphatic rings. The molecule has 3 rings (SSSR count). The maximum absolute atomic E-state index is 6.05. The number of pyridine rings is 1. The van der Waals surface area contributed by atoms with Crippen LogP contribution in [0.15, 0.2) is 30.9 Å². The summed E-state index contributed by atoms with van der Waals surface area (Å²) >= 11 is 0. The van der Waals surface area contributed by atoms with Gasteiger partial charge in [-0.1, -0.05) is 6.07 Å². The summed E-state index contributed by atoms with van der Waals surface area (Å²) in [7, 11) is 0. The van der Waals surface area contributed by atoms with Crippen LogP contribution in [0.4, 0.5) is 0 Å². The first-order valence-corrected chi connectivity index (χ1v) is 7.88. The Morgan fingerprint density at radius 3 is 3.09 bits per heavy atom. The smallest absolute Gasteiger partial charge is 0.129 e. The monoisotopic (exact) mass is 301 g/mol. The molecule has 0 N–H and O–H groups in total. The summed E-state index contributed by atoms with van der Waals surface area (Å²) in [5.41, 5.74) is 1.14. The molecule has 1 atom stereocenters. The van der Waals surface area contributed by atoms with E-state index in [1.807, 2.05) is 19.2 Å². The molecule has 1 saturated heterocycles. The van der Waals surface area contributed by atoms with E-state index < -0.39 is 0 Å². The van der Waals surface area contributed by atoms with Crippen molar-refractivity contribution >= 4 is 0 Å². The van der Waals surface area contributed by atoms with Crippen LogP contribution in [0.2, 0.25) is 0 Å². The SMILES string of the molecule is Cc1nncn1CCN1CCCC(OCc2cccnc2)C1. The molecule has 0 aliphatic carbocycles. The molecule has 22 heavy (non-hydrogen) atoms. The maximum Gasteiger partial charge on any atom is 0.129 e. The predicted molar refractivity (Wildman–Crippen MR) is 83.2 cm³/mol. The Labute approximate surface area is 131 Å². The normalized spacial score (nSPS) is 19.4. The molecule has 6 heteroatoms. The van der Waals surface area contributed by atoms with E-state index in [0.717, 1.165) is 44.0 Å². The van der Waals surface area contributed by atoms with Crippen molar-refractivity contribution in [2.45, 2.75) is 39.0 Å². The topological polar surface area (TPSA) is 56.1 Å². The number of aryl methyl sites for hydroxylation is 1. The second-order valence-corrected chi connectivity index (χ2v) is 5.81. The Hall–Kier alpha value is -1.79. The molecule has 1 aliphatic heterocycles. The molecular formula is C16H23N5O. The minimum absolute atomic E-state index is 0.316. The standard InChI is InChI=1S/C16H23N5O/c1-14-19-18-13-21(14)9-8-20-7-3-5-16(11-20)22-12-15-4-2-6-17-10-15/h2,4,6,10,13,16H,3,5,7-9,11-12H2,1H3. The quantitative estimate of drug-likeness (QED) is 0.812. The molecule has 0 saturated carbocycles. The van der Waals surface area contributed by atoms with Gasteiger partial charge >= 0.3 is 0 Å². The van der Waals surface area contributed by atoms with Gasteiger partial charge < -0.3 is 9.30 Å². The molecule has 2 aromatic rings. The molecule has 0 radical (unpaired) electrons. The van der Waals surface area contributed by atoms with Gasteiger partial charge in [-0.2, -0.15) is 0 Å². The highest BCUT2D eigenvalue weighted by atomic mass is 16.5. The third kappa shape index (κ3) is 4.11. The van der Waals surface area contributed by atoms with E-state index in [2.05, 4.69) is 30.7 Å². The van der Waals surface area contributed by atoms with Crippen LogP contribution in [0.25, 0.3) is 0 Å². The van der Waals surface area contributed by atoms with Crippen LogP contribution in [0.1, 0.15) is 24.2 Å². The minimum Gasteiger partial charge on any atom is -0.372 e. The lowest BCUT2D eigenvalue weighted by atomic mass is 10.1. The van der Waals surface area contributed by atoms with Crippen LogP contribution in [0, 0.1) is 6.92 Å². The molecule has 0 aromatic carbocycles. The number of aromatic nitrogens is 4. The highest BCUT2D eigenvalue weighted by molar-refractivity contribution is 5.06. The lowest BCUT2D eigenvalue weighted by Gasteiger charge is -2.32. The van der Waals surface area contributed by atoms with E-state index in [-0.39, 0.29) is 0 Å². The summed E-state index contributed by atoms with van der Waals surface area (Å²) in [6, 6.07) is 4.01. The molecule has 3 heterocycles. The van der Waals surface area contributed by atoms with Crippen LogP contribution in [-0.2, 0) is 17.9 Å². The first-order valence-electron chi connectivity index (χ1n) is 7.88. The van der Waals surface area contributed by atoms with Gasteiger partial charge in [-0.3, -0.25) is 9.88 Å². The molecule has 1 unspecified atom stereocenters. The Bertz CT molecular complexity index is 571. The van der Waals surface area contributed by atoms with Crippen molar-refractivity contribution in [1.29, 1.82) is 0 Å². The Morgan fingerprint density at radius 1 is 1.36 bits per heavy atom. The second kappa shape index (κ2) is 7.47. The second-order valence-electron chi connectivity index (χ2n) is 5.81. The number of ether oxygens (including phenoxy) is 1. The van der Waals surface area contributed by atoms with Gasteiger partial charge in [0.15, 0.2) is 0 Å². The average Bonchev–Trinajstić information content (AvgIpc) is 2.98. The molecule has 0 bridgehead atoms.